The monoisotopic (exact) mass is 248 g/mol. The van der Waals surface area contributed by atoms with Crippen LogP contribution in [-0.4, -0.2) is 22.5 Å². The summed E-state index contributed by atoms with van der Waals surface area (Å²) in [6.07, 6.45) is 8.59. The van der Waals surface area contributed by atoms with Gasteiger partial charge in [-0.2, -0.15) is 0 Å². The summed E-state index contributed by atoms with van der Waals surface area (Å²) in [5.41, 5.74) is 3.84. The average Bonchev–Trinajstić information content (AvgIpc) is 2.64. The first-order chi connectivity index (χ1) is 8.83. The summed E-state index contributed by atoms with van der Waals surface area (Å²) in [6, 6.07) is 4.79. The fraction of sp³-hybridized carbons (Fsp3) is 0.643. The highest BCUT2D eigenvalue weighted by Crippen LogP contribution is 2.21. The van der Waals surface area contributed by atoms with Crippen LogP contribution in [0.25, 0.3) is 0 Å². The van der Waals surface area contributed by atoms with Crippen molar-refractivity contribution in [2.24, 2.45) is 5.84 Å². The number of likely N-dealkylation sites (tertiary alicyclic amines) is 1. The highest BCUT2D eigenvalue weighted by Gasteiger charge is 2.19. The lowest BCUT2D eigenvalue weighted by molar-refractivity contribution is 0.186. The predicted molar refractivity (Wildman–Crippen MR) is 75.0 cm³/mol. The Bertz CT molecular complexity index is 349. The van der Waals surface area contributed by atoms with Gasteiger partial charge in [0.1, 0.15) is 5.82 Å². The second kappa shape index (κ2) is 6.71. The van der Waals surface area contributed by atoms with Gasteiger partial charge in [0.25, 0.3) is 0 Å². The van der Waals surface area contributed by atoms with E-state index in [0.717, 1.165) is 18.4 Å². The number of hydrogen-bond donors (Lipinski definition) is 2. The smallest absolute Gasteiger partial charge is 0.139 e. The molecule has 0 aliphatic carbocycles. The first-order valence-electron chi connectivity index (χ1n) is 6.99. The van der Waals surface area contributed by atoms with Crippen LogP contribution in [0.2, 0.25) is 0 Å². The number of anilines is 1. The normalized spacial score (nSPS) is 21.6. The minimum absolute atomic E-state index is 0.724. The molecule has 0 bridgehead atoms. The van der Waals surface area contributed by atoms with Crippen LogP contribution in [0.4, 0.5) is 5.82 Å². The molecule has 100 valence electrons. The standard InChI is InChI=1S/C14H24N4/c1-2-13-6-4-3-5-9-18(13)11-12-7-8-14(17-15)16-10-12/h7-8,10,13H,2-6,9,11,15H2,1H3,(H,16,17). The number of hydrazine groups is 1. The third kappa shape index (κ3) is 3.43. The van der Waals surface area contributed by atoms with Crippen molar-refractivity contribution in [1.82, 2.24) is 9.88 Å². The molecule has 0 spiro atoms. The zero-order valence-corrected chi connectivity index (χ0v) is 11.2. The molecule has 0 saturated carbocycles. The van der Waals surface area contributed by atoms with E-state index in [-0.39, 0.29) is 0 Å². The Morgan fingerprint density at radius 2 is 2.28 bits per heavy atom. The molecular weight excluding hydrogens is 224 g/mol. The number of rotatable bonds is 4. The first-order valence-corrected chi connectivity index (χ1v) is 6.99. The molecule has 1 aromatic heterocycles. The van der Waals surface area contributed by atoms with Crippen molar-refractivity contribution in [1.29, 1.82) is 0 Å². The SMILES string of the molecule is CCC1CCCCCN1Cc1ccc(NN)nc1. The maximum absolute atomic E-state index is 5.33. The van der Waals surface area contributed by atoms with Crippen molar-refractivity contribution >= 4 is 5.82 Å². The molecule has 1 atom stereocenters. The van der Waals surface area contributed by atoms with Gasteiger partial charge >= 0.3 is 0 Å². The van der Waals surface area contributed by atoms with Gasteiger partial charge in [-0.15, -0.1) is 0 Å². The van der Waals surface area contributed by atoms with Crippen molar-refractivity contribution in [3.05, 3.63) is 23.9 Å². The Labute approximate surface area is 110 Å². The van der Waals surface area contributed by atoms with Crippen LogP contribution in [0.5, 0.6) is 0 Å². The maximum atomic E-state index is 5.33. The summed E-state index contributed by atoms with van der Waals surface area (Å²) in [7, 11) is 0. The second-order valence-electron chi connectivity index (χ2n) is 5.08. The van der Waals surface area contributed by atoms with Crippen molar-refractivity contribution in [3.8, 4) is 0 Å². The molecular formula is C14H24N4. The Kier molecular flexibility index (Phi) is 4.96. The minimum Gasteiger partial charge on any atom is -0.308 e. The van der Waals surface area contributed by atoms with Crippen LogP contribution in [0, 0.1) is 0 Å². The number of pyridine rings is 1. The molecule has 1 saturated heterocycles. The lowest BCUT2D eigenvalue weighted by atomic mass is 10.1. The summed E-state index contributed by atoms with van der Waals surface area (Å²) in [5.74, 6) is 6.05. The highest BCUT2D eigenvalue weighted by molar-refractivity contribution is 5.33. The van der Waals surface area contributed by atoms with E-state index in [1.165, 1.54) is 44.2 Å². The fourth-order valence-corrected chi connectivity index (χ4v) is 2.75. The van der Waals surface area contributed by atoms with Crippen LogP contribution in [0.1, 0.15) is 44.6 Å². The second-order valence-corrected chi connectivity index (χ2v) is 5.08. The van der Waals surface area contributed by atoms with Crippen LogP contribution in [0.3, 0.4) is 0 Å². The summed E-state index contributed by atoms with van der Waals surface area (Å²) >= 11 is 0. The van der Waals surface area contributed by atoms with Crippen LogP contribution in [-0.2, 0) is 6.54 Å². The topological polar surface area (TPSA) is 54.2 Å². The van der Waals surface area contributed by atoms with Gasteiger partial charge in [0.2, 0.25) is 0 Å². The van der Waals surface area contributed by atoms with E-state index < -0.39 is 0 Å². The van der Waals surface area contributed by atoms with E-state index in [4.69, 9.17) is 5.84 Å². The quantitative estimate of drug-likeness (QED) is 0.635. The molecule has 2 rings (SSSR count). The zero-order valence-electron chi connectivity index (χ0n) is 11.2. The van der Waals surface area contributed by atoms with Gasteiger partial charge in [0, 0.05) is 18.8 Å². The van der Waals surface area contributed by atoms with Gasteiger partial charge < -0.3 is 5.43 Å². The van der Waals surface area contributed by atoms with Gasteiger partial charge in [-0.05, 0) is 37.4 Å². The van der Waals surface area contributed by atoms with E-state index >= 15 is 0 Å². The molecule has 2 heterocycles. The third-order valence-electron chi connectivity index (χ3n) is 3.83. The first kappa shape index (κ1) is 13.3. The van der Waals surface area contributed by atoms with Gasteiger partial charge in [0.15, 0.2) is 0 Å². The Morgan fingerprint density at radius 1 is 1.39 bits per heavy atom. The van der Waals surface area contributed by atoms with E-state index in [0.29, 0.717) is 0 Å². The zero-order chi connectivity index (χ0) is 12.8. The molecule has 3 N–H and O–H groups in total. The predicted octanol–water partition coefficient (Wildman–Crippen LogP) is 2.52. The van der Waals surface area contributed by atoms with E-state index in [1.54, 1.807) is 0 Å². The molecule has 1 aromatic rings. The third-order valence-corrected chi connectivity index (χ3v) is 3.83. The van der Waals surface area contributed by atoms with Crippen LogP contribution in [0.15, 0.2) is 18.3 Å². The van der Waals surface area contributed by atoms with Gasteiger partial charge in [0.05, 0.1) is 0 Å². The summed E-state index contributed by atoms with van der Waals surface area (Å²) < 4.78 is 0. The number of nitrogen functional groups attached to an aromatic ring is 1. The molecule has 4 heteroatoms. The fourth-order valence-electron chi connectivity index (χ4n) is 2.75. The molecule has 1 aliphatic heterocycles. The Morgan fingerprint density at radius 3 is 2.94 bits per heavy atom. The molecule has 1 aliphatic rings. The summed E-state index contributed by atoms with van der Waals surface area (Å²) in [4.78, 5) is 6.88. The molecule has 0 amide bonds. The lowest BCUT2D eigenvalue weighted by Gasteiger charge is -2.29. The van der Waals surface area contributed by atoms with Gasteiger partial charge in [-0.25, -0.2) is 10.8 Å². The van der Waals surface area contributed by atoms with Gasteiger partial charge in [-0.3, -0.25) is 4.90 Å². The number of hydrogen-bond acceptors (Lipinski definition) is 4. The Balaban J connectivity index is 2.00. The molecule has 0 aromatic carbocycles. The minimum atomic E-state index is 0.724. The summed E-state index contributed by atoms with van der Waals surface area (Å²) in [6.45, 7) is 4.52. The van der Waals surface area contributed by atoms with Crippen molar-refractivity contribution in [2.75, 3.05) is 12.0 Å². The van der Waals surface area contributed by atoms with Gasteiger partial charge in [-0.1, -0.05) is 25.8 Å². The maximum Gasteiger partial charge on any atom is 0.139 e. The number of nitrogens with one attached hydrogen (secondary N) is 1. The highest BCUT2D eigenvalue weighted by atomic mass is 15.2. The van der Waals surface area contributed by atoms with E-state index in [2.05, 4.69) is 28.3 Å². The number of aromatic nitrogens is 1. The number of nitrogens with two attached hydrogens (primary N) is 1. The molecule has 1 fully saturated rings. The lowest BCUT2D eigenvalue weighted by Crippen LogP contribution is -2.33. The van der Waals surface area contributed by atoms with Crippen molar-refractivity contribution in [3.63, 3.8) is 0 Å². The van der Waals surface area contributed by atoms with Crippen LogP contribution < -0.4 is 11.3 Å². The van der Waals surface area contributed by atoms with Crippen LogP contribution >= 0.6 is 0 Å². The molecule has 0 radical (unpaired) electrons. The van der Waals surface area contributed by atoms with E-state index in [1.807, 2.05) is 12.3 Å². The van der Waals surface area contributed by atoms with Crippen molar-refractivity contribution < 1.29 is 0 Å². The largest absolute Gasteiger partial charge is 0.308 e. The molecule has 1 unspecified atom stereocenters. The average molecular weight is 248 g/mol. The van der Waals surface area contributed by atoms with Crippen molar-refractivity contribution in [2.45, 2.75) is 51.6 Å². The molecule has 4 nitrogen and oxygen atoms in total. The summed E-state index contributed by atoms with van der Waals surface area (Å²) in [5, 5.41) is 0. The Hall–Kier alpha value is -1.13. The number of nitrogens with zero attached hydrogens (tertiary/aromatic N) is 2. The van der Waals surface area contributed by atoms with E-state index in [9.17, 15) is 0 Å². The molecule has 18 heavy (non-hydrogen) atoms.